The molecule has 1 amide bonds. The van der Waals surface area contributed by atoms with Gasteiger partial charge in [0, 0.05) is 16.5 Å². The third-order valence-electron chi connectivity index (χ3n) is 5.70. The molecule has 0 heterocycles. The highest BCUT2D eigenvalue weighted by atomic mass is 35.5. The van der Waals surface area contributed by atoms with Crippen LogP contribution in [0.1, 0.15) is 22.8 Å². The first-order chi connectivity index (χ1) is 18.0. The van der Waals surface area contributed by atoms with Gasteiger partial charge < -0.3 is 15.2 Å². The van der Waals surface area contributed by atoms with E-state index < -0.39 is 26.7 Å². The maximum atomic E-state index is 13.2. The number of halogens is 2. The number of methoxy groups -OCH3 is 1. The van der Waals surface area contributed by atoms with E-state index in [-0.39, 0.29) is 22.0 Å². The number of anilines is 1. The van der Waals surface area contributed by atoms with Gasteiger partial charge in [-0.05, 0) is 47.7 Å². The molecule has 0 aromatic heterocycles. The lowest BCUT2D eigenvalue weighted by atomic mass is 10.0. The first-order valence-electron chi connectivity index (χ1n) is 11.1. The fraction of sp³-hybridized carbons (Fsp3) is 0.115. The zero-order chi connectivity index (χ0) is 27.6. The summed E-state index contributed by atoms with van der Waals surface area (Å²) in [4.78, 5) is 12.7. The summed E-state index contributed by atoms with van der Waals surface area (Å²) in [5, 5.41) is 23.5. The minimum atomic E-state index is -4.62. The second-order valence-corrected chi connectivity index (χ2v) is 10.3. The van der Waals surface area contributed by atoms with Crippen molar-refractivity contribution >= 4 is 67.1 Å². The molecule has 4 aromatic carbocycles. The molecule has 0 atom stereocenters. The van der Waals surface area contributed by atoms with E-state index >= 15 is 0 Å². The molecule has 3 N–H and O–H groups in total. The van der Waals surface area contributed by atoms with Crippen molar-refractivity contribution in [3.63, 3.8) is 0 Å². The number of nitrogens with one attached hydrogen (secondary N) is 1. The van der Waals surface area contributed by atoms with Gasteiger partial charge in [0.15, 0.2) is 5.75 Å². The van der Waals surface area contributed by atoms with Crippen LogP contribution in [0.2, 0.25) is 10.0 Å². The van der Waals surface area contributed by atoms with E-state index in [9.17, 15) is 22.9 Å². The van der Waals surface area contributed by atoms with Crippen molar-refractivity contribution in [1.29, 1.82) is 0 Å². The number of fused-ring (bicyclic) bond motifs is 1. The second-order valence-electron chi connectivity index (χ2n) is 8.08. The van der Waals surface area contributed by atoms with Gasteiger partial charge in [-0.2, -0.15) is 13.5 Å². The number of carbonyl (C=O) groups is 1. The number of aryl methyl sites for hydroxylation is 1. The predicted molar refractivity (Wildman–Crippen MR) is 146 cm³/mol. The van der Waals surface area contributed by atoms with Gasteiger partial charge in [0.05, 0.1) is 29.1 Å². The van der Waals surface area contributed by atoms with Crippen molar-refractivity contribution in [3.8, 4) is 11.5 Å². The van der Waals surface area contributed by atoms with Crippen LogP contribution in [0.25, 0.3) is 10.8 Å². The molecule has 0 unspecified atom stereocenters. The largest absolute Gasteiger partial charge is 0.505 e. The molecule has 0 spiro atoms. The number of carbonyl (C=O) groups excluding carboxylic acids is 1. The van der Waals surface area contributed by atoms with Gasteiger partial charge in [-0.15, -0.1) is 5.11 Å². The fourth-order valence-electron chi connectivity index (χ4n) is 3.81. The van der Waals surface area contributed by atoms with Crippen molar-refractivity contribution in [2.45, 2.75) is 18.2 Å². The van der Waals surface area contributed by atoms with Crippen LogP contribution in [0, 0.1) is 0 Å². The Morgan fingerprint density at radius 2 is 1.79 bits per heavy atom. The van der Waals surface area contributed by atoms with Crippen LogP contribution in [0.4, 0.5) is 17.1 Å². The van der Waals surface area contributed by atoms with Crippen molar-refractivity contribution in [2.24, 2.45) is 10.2 Å². The molecule has 9 nitrogen and oxygen atoms in total. The molecule has 0 saturated heterocycles. The van der Waals surface area contributed by atoms with E-state index in [1.165, 1.54) is 25.3 Å². The minimum Gasteiger partial charge on any atom is -0.505 e. The van der Waals surface area contributed by atoms with E-state index in [4.69, 9.17) is 27.9 Å². The average Bonchev–Trinajstić information content (AvgIpc) is 2.88. The summed E-state index contributed by atoms with van der Waals surface area (Å²) in [5.41, 5.74) is 0.915. The average molecular weight is 574 g/mol. The van der Waals surface area contributed by atoms with Crippen LogP contribution in [0.5, 0.6) is 11.5 Å². The minimum absolute atomic E-state index is 0.0123. The third-order valence-corrected chi connectivity index (χ3v) is 7.25. The Morgan fingerprint density at radius 1 is 1.05 bits per heavy atom. The summed E-state index contributed by atoms with van der Waals surface area (Å²) in [6, 6.07) is 15.6. The van der Waals surface area contributed by atoms with Gasteiger partial charge in [-0.25, -0.2) is 0 Å². The Kier molecular flexibility index (Phi) is 7.89. The number of phenolic OH excluding ortho intramolecular Hbond substituents is 1. The molecule has 0 bridgehead atoms. The SMILES string of the molecule is CCc1cc(Cl)c(S(=O)(=O)O)cc1N=Nc1c(O)c(C(=O)Nc2ccc(Cl)cc2OC)cc2ccccc12. The topological polar surface area (TPSA) is 138 Å². The number of benzene rings is 4. The van der Waals surface area contributed by atoms with Crippen LogP contribution < -0.4 is 10.1 Å². The van der Waals surface area contributed by atoms with Gasteiger partial charge in [-0.3, -0.25) is 9.35 Å². The highest BCUT2D eigenvalue weighted by molar-refractivity contribution is 7.86. The summed E-state index contributed by atoms with van der Waals surface area (Å²) in [7, 11) is -3.18. The van der Waals surface area contributed by atoms with E-state index in [0.29, 0.717) is 39.2 Å². The smallest absolute Gasteiger partial charge is 0.296 e. The number of phenols is 1. The molecule has 0 aliphatic heterocycles. The number of nitrogens with zero attached hydrogens (tertiary/aromatic N) is 2. The molecule has 12 heteroatoms. The molecular formula is C26H21Cl2N3O6S. The van der Waals surface area contributed by atoms with Gasteiger partial charge in [0.1, 0.15) is 16.3 Å². The Bertz CT molecular complexity index is 1710. The van der Waals surface area contributed by atoms with E-state index in [0.717, 1.165) is 6.07 Å². The van der Waals surface area contributed by atoms with Gasteiger partial charge >= 0.3 is 0 Å². The molecular weight excluding hydrogens is 553 g/mol. The quantitative estimate of drug-likeness (QED) is 0.156. The molecule has 0 aliphatic rings. The Hall–Kier alpha value is -3.70. The zero-order valence-corrected chi connectivity index (χ0v) is 22.4. The summed E-state index contributed by atoms with van der Waals surface area (Å²) < 4.78 is 38.3. The lowest BCUT2D eigenvalue weighted by molar-refractivity contribution is 0.102. The molecule has 4 rings (SSSR count). The van der Waals surface area contributed by atoms with Crippen LogP contribution >= 0.6 is 23.2 Å². The lowest BCUT2D eigenvalue weighted by Gasteiger charge is -2.13. The van der Waals surface area contributed by atoms with Crippen molar-refractivity contribution < 1.29 is 27.6 Å². The molecule has 0 saturated carbocycles. The molecule has 38 heavy (non-hydrogen) atoms. The molecule has 4 aromatic rings. The summed E-state index contributed by atoms with van der Waals surface area (Å²) >= 11 is 12.0. The van der Waals surface area contributed by atoms with Gasteiger partial charge in [-0.1, -0.05) is 54.4 Å². The molecule has 196 valence electrons. The fourth-order valence-corrected chi connectivity index (χ4v) is 5.02. The van der Waals surface area contributed by atoms with E-state index in [2.05, 4.69) is 15.5 Å². The lowest BCUT2D eigenvalue weighted by Crippen LogP contribution is -2.13. The Labute approximate surface area is 228 Å². The number of hydrogen-bond donors (Lipinski definition) is 3. The predicted octanol–water partition coefficient (Wildman–Crippen LogP) is 7.34. The normalized spacial score (nSPS) is 11.7. The maximum absolute atomic E-state index is 13.2. The summed E-state index contributed by atoms with van der Waals surface area (Å²) in [6.07, 6.45) is 0.429. The first kappa shape index (κ1) is 27.3. The molecule has 0 aliphatic carbocycles. The van der Waals surface area contributed by atoms with Crippen LogP contribution in [-0.2, 0) is 16.5 Å². The molecule has 0 fully saturated rings. The van der Waals surface area contributed by atoms with Crippen molar-refractivity contribution in [2.75, 3.05) is 12.4 Å². The number of hydrogen-bond acceptors (Lipinski definition) is 7. The summed E-state index contributed by atoms with van der Waals surface area (Å²) in [5.74, 6) is -0.755. The van der Waals surface area contributed by atoms with Gasteiger partial charge in [0.2, 0.25) is 0 Å². The number of aromatic hydroxyl groups is 1. The van der Waals surface area contributed by atoms with Gasteiger partial charge in [0.25, 0.3) is 16.0 Å². The Morgan fingerprint density at radius 3 is 2.47 bits per heavy atom. The highest BCUT2D eigenvalue weighted by Gasteiger charge is 2.21. The number of ether oxygens (including phenoxy) is 1. The maximum Gasteiger partial charge on any atom is 0.296 e. The van der Waals surface area contributed by atoms with E-state index in [1.807, 2.05) is 0 Å². The number of amides is 1. The van der Waals surface area contributed by atoms with Crippen LogP contribution in [0.15, 0.2) is 75.8 Å². The Balaban J connectivity index is 1.83. The molecule has 0 radical (unpaired) electrons. The monoisotopic (exact) mass is 573 g/mol. The summed E-state index contributed by atoms with van der Waals surface area (Å²) in [6.45, 7) is 1.81. The number of rotatable bonds is 7. The van der Waals surface area contributed by atoms with Crippen LogP contribution in [-0.4, -0.2) is 31.1 Å². The van der Waals surface area contributed by atoms with Crippen molar-refractivity contribution in [3.05, 3.63) is 81.8 Å². The standard InChI is InChI=1S/C26H21Cl2N3O6S/c1-3-14-11-19(28)23(38(34,35)36)13-21(14)30-31-24-17-7-5-4-6-15(17)10-18(25(24)32)26(33)29-20-9-8-16(27)12-22(20)37-2/h4-13,32H,3H2,1-2H3,(H,29,33)(H,34,35,36). The van der Waals surface area contributed by atoms with Crippen molar-refractivity contribution in [1.82, 2.24) is 0 Å². The second kappa shape index (κ2) is 11.0. The number of azo groups is 1. The first-order valence-corrected chi connectivity index (χ1v) is 13.3. The van der Waals surface area contributed by atoms with Crippen LogP contribution in [0.3, 0.4) is 0 Å². The zero-order valence-electron chi connectivity index (χ0n) is 20.1. The highest BCUT2D eigenvalue weighted by Crippen LogP contribution is 2.41. The van der Waals surface area contributed by atoms with E-state index in [1.54, 1.807) is 43.3 Å². The third kappa shape index (κ3) is 5.58.